The first-order valence-electron chi connectivity index (χ1n) is 13.5. The maximum absolute atomic E-state index is 13.5. The number of carbonyl (C=O) groups is 1. The van der Waals surface area contributed by atoms with Crippen molar-refractivity contribution in [3.63, 3.8) is 0 Å². The number of pyridine rings is 1. The summed E-state index contributed by atoms with van der Waals surface area (Å²) in [6.07, 6.45) is 0.916. The second-order valence-electron chi connectivity index (χ2n) is 10.2. The number of benzene rings is 2. The van der Waals surface area contributed by atoms with Crippen LogP contribution in [-0.4, -0.2) is 27.9 Å². The number of nitrogens with zero attached hydrogens (tertiary/aromatic N) is 4. The molecule has 0 unspecified atom stereocenters. The molecule has 0 bridgehead atoms. The van der Waals surface area contributed by atoms with Crippen molar-refractivity contribution in [2.75, 3.05) is 6.61 Å². The number of nitriles is 1. The number of ether oxygens (including phenoxy) is 1. The van der Waals surface area contributed by atoms with Crippen molar-refractivity contribution in [3.8, 4) is 17.5 Å². The summed E-state index contributed by atoms with van der Waals surface area (Å²) in [6.45, 7) is 5.54. The molecular weight excluding hydrogens is 547 g/mol. The normalized spacial score (nSPS) is 11.0. The lowest BCUT2D eigenvalue weighted by Crippen LogP contribution is -2.25. The Morgan fingerprint density at radius 1 is 1.00 bits per heavy atom. The Hall–Kier alpha value is -4.72. The van der Waals surface area contributed by atoms with Gasteiger partial charge in [0.2, 0.25) is 11.8 Å². The molecule has 1 amide bonds. The molecule has 2 heterocycles. The highest BCUT2D eigenvalue weighted by Crippen LogP contribution is 2.32. The second-order valence-corrected chi connectivity index (χ2v) is 10.2. The predicted octanol–water partition coefficient (Wildman–Crippen LogP) is 6.18. The van der Waals surface area contributed by atoms with Crippen molar-refractivity contribution in [3.05, 3.63) is 99.4 Å². The third kappa shape index (κ3) is 7.72. The van der Waals surface area contributed by atoms with Gasteiger partial charge in [-0.05, 0) is 66.1 Å². The van der Waals surface area contributed by atoms with Crippen molar-refractivity contribution in [1.29, 1.82) is 5.26 Å². The number of hydrogen-bond donors (Lipinski definition) is 1. The molecule has 0 aliphatic carbocycles. The zero-order chi connectivity index (χ0) is 30.2. The Morgan fingerprint density at radius 2 is 1.74 bits per heavy atom. The molecule has 42 heavy (non-hydrogen) atoms. The summed E-state index contributed by atoms with van der Waals surface area (Å²) in [5.41, 5.74) is 3.94. The van der Waals surface area contributed by atoms with Crippen molar-refractivity contribution in [1.82, 2.24) is 20.5 Å². The van der Waals surface area contributed by atoms with E-state index in [0.29, 0.717) is 58.8 Å². The van der Waals surface area contributed by atoms with Gasteiger partial charge in [-0.2, -0.15) is 5.26 Å². The van der Waals surface area contributed by atoms with Crippen LogP contribution in [0.25, 0.3) is 11.5 Å². The van der Waals surface area contributed by atoms with Gasteiger partial charge < -0.3 is 14.5 Å². The number of aryl methyl sites for hydroxylation is 3. The summed E-state index contributed by atoms with van der Waals surface area (Å²) in [6, 6.07) is 11.8. The van der Waals surface area contributed by atoms with Gasteiger partial charge in [0.05, 0.1) is 29.1 Å². The van der Waals surface area contributed by atoms with Crippen LogP contribution in [0.15, 0.2) is 46.9 Å². The van der Waals surface area contributed by atoms with Gasteiger partial charge in [0.1, 0.15) is 11.9 Å². The third-order valence-corrected chi connectivity index (χ3v) is 6.47. The zero-order valence-corrected chi connectivity index (χ0v) is 23.5. The smallest absolute Gasteiger partial charge is 0.407 e. The van der Waals surface area contributed by atoms with Crippen LogP contribution in [0.2, 0.25) is 0 Å². The molecule has 8 nitrogen and oxygen atoms in total. The van der Waals surface area contributed by atoms with Crippen LogP contribution in [0.1, 0.15) is 53.4 Å². The summed E-state index contributed by atoms with van der Waals surface area (Å²) in [5, 5.41) is 20.9. The van der Waals surface area contributed by atoms with E-state index in [-0.39, 0.29) is 37.2 Å². The Morgan fingerprint density at radius 3 is 2.38 bits per heavy atom. The van der Waals surface area contributed by atoms with Crippen LogP contribution in [0.5, 0.6) is 0 Å². The number of alkyl carbamates (subject to hydrolysis) is 1. The van der Waals surface area contributed by atoms with Gasteiger partial charge in [0.25, 0.3) is 0 Å². The molecule has 0 radical (unpaired) electrons. The number of carbonyl (C=O) groups excluding carboxylic acids is 1. The average Bonchev–Trinajstić information content (AvgIpc) is 3.38. The van der Waals surface area contributed by atoms with Crippen LogP contribution in [0.4, 0.5) is 18.0 Å². The van der Waals surface area contributed by atoms with E-state index in [0.717, 1.165) is 17.7 Å². The summed E-state index contributed by atoms with van der Waals surface area (Å²) in [5.74, 6) is -1.59. The lowest BCUT2D eigenvalue weighted by Gasteiger charge is -2.18. The van der Waals surface area contributed by atoms with E-state index in [4.69, 9.17) is 14.1 Å². The van der Waals surface area contributed by atoms with Gasteiger partial charge in [-0.25, -0.2) is 18.0 Å². The molecule has 4 rings (SSSR count). The molecule has 0 spiro atoms. The Balaban J connectivity index is 1.61. The molecule has 0 fully saturated rings. The summed E-state index contributed by atoms with van der Waals surface area (Å²) < 4.78 is 51.2. The summed E-state index contributed by atoms with van der Waals surface area (Å²) in [4.78, 5) is 17.3. The average molecular weight is 578 g/mol. The van der Waals surface area contributed by atoms with Gasteiger partial charge in [0, 0.05) is 19.9 Å². The number of rotatable bonds is 11. The number of nitrogens with one attached hydrogen (secondary N) is 1. The first-order valence-corrected chi connectivity index (χ1v) is 13.5. The van der Waals surface area contributed by atoms with Crippen molar-refractivity contribution in [2.45, 2.75) is 53.0 Å². The molecule has 0 saturated heterocycles. The van der Waals surface area contributed by atoms with Gasteiger partial charge in [0.15, 0.2) is 11.6 Å². The highest BCUT2D eigenvalue weighted by atomic mass is 19.2. The van der Waals surface area contributed by atoms with E-state index in [2.05, 4.69) is 21.6 Å². The van der Waals surface area contributed by atoms with E-state index in [1.165, 1.54) is 18.2 Å². The highest BCUT2D eigenvalue weighted by molar-refractivity contribution is 5.68. The zero-order valence-electron chi connectivity index (χ0n) is 23.5. The van der Waals surface area contributed by atoms with Crippen molar-refractivity contribution < 1.29 is 27.1 Å². The highest BCUT2D eigenvalue weighted by Gasteiger charge is 2.25. The first-order chi connectivity index (χ1) is 20.1. The number of hydrogen-bond acceptors (Lipinski definition) is 7. The quantitative estimate of drug-likeness (QED) is 0.226. The third-order valence-electron chi connectivity index (χ3n) is 6.47. The summed E-state index contributed by atoms with van der Waals surface area (Å²) in [7, 11) is 0. The Labute approximate surface area is 241 Å². The maximum Gasteiger partial charge on any atom is 0.407 e. The fourth-order valence-corrected chi connectivity index (χ4v) is 4.53. The largest absolute Gasteiger partial charge is 0.449 e. The van der Waals surface area contributed by atoms with E-state index in [1.807, 2.05) is 13.8 Å². The molecule has 0 aliphatic heterocycles. The monoisotopic (exact) mass is 577 g/mol. The van der Waals surface area contributed by atoms with E-state index < -0.39 is 17.7 Å². The molecule has 218 valence electrons. The molecule has 0 aliphatic rings. The minimum atomic E-state index is -1.01. The van der Waals surface area contributed by atoms with E-state index in [9.17, 15) is 23.2 Å². The fraction of sp³-hybridized carbons (Fsp3) is 0.323. The topological polar surface area (TPSA) is 114 Å². The van der Waals surface area contributed by atoms with E-state index >= 15 is 0 Å². The minimum Gasteiger partial charge on any atom is -0.449 e. The van der Waals surface area contributed by atoms with Crippen LogP contribution >= 0.6 is 0 Å². The number of halogens is 3. The predicted molar refractivity (Wildman–Crippen MR) is 148 cm³/mol. The molecule has 2 aromatic carbocycles. The SMILES string of the molecule is Cc1nnc(-c2c(CCc3ccc(F)cc3)nc(CC(C)C)c(C#N)c2CCOC(=O)NCc2ccc(F)c(F)c2)o1. The number of amides is 1. The van der Waals surface area contributed by atoms with Gasteiger partial charge in [-0.1, -0.05) is 32.0 Å². The second kappa shape index (κ2) is 13.8. The fourth-order valence-electron chi connectivity index (χ4n) is 4.53. The van der Waals surface area contributed by atoms with Gasteiger partial charge in [-0.15, -0.1) is 10.2 Å². The van der Waals surface area contributed by atoms with Crippen LogP contribution in [0, 0.1) is 41.6 Å². The first kappa shape index (κ1) is 30.2. The molecule has 0 atom stereocenters. The van der Waals surface area contributed by atoms with Gasteiger partial charge in [-0.3, -0.25) is 4.98 Å². The molecule has 11 heteroatoms. The molecular formula is C31H30F3N5O3. The minimum absolute atomic E-state index is 0.0622. The lowest BCUT2D eigenvalue weighted by molar-refractivity contribution is 0.147. The van der Waals surface area contributed by atoms with Crippen LogP contribution < -0.4 is 5.32 Å². The van der Waals surface area contributed by atoms with Crippen LogP contribution in [0.3, 0.4) is 0 Å². The Kier molecular flexibility index (Phi) is 9.91. The standard InChI is InChI=1S/C31H30F3N5O3/c1-18(2)14-28-24(16-35)23(12-13-41-31(40)36-17-21-6-10-25(33)26(34)15-21)29(30-39-38-19(3)42-30)27(37-28)11-7-20-4-8-22(32)9-5-20/h4-6,8-10,15,18H,7,11-14,17H2,1-3H3,(H,36,40). The van der Waals surface area contributed by atoms with E-state index in [1.54, 1.807) is 19.1 Å². The maximum atomic E-state index is 13.5. The van der Waals surface area contributed by atoms with Gasteiger partial charge >= 0.3 is 6.09 Å². The molecule has 1 N–H and O–H groups in total. The lowest BCUT2D eigenvalue weighted by atomic mass is 9.91. The van der Waals surface area contributed by atoms with Crippen LogP contribution in [-0.2, 0) is 37.0 Å². The molecule has 4 aromatic rings. The molecule has 2 aromatic heterocycles. The molecule has 0 saturated carbocycles. The number of aromatic nitrogens is 3. The Bertz CT molecular complexity index is 1600. The van der Waals surface area contributed by atoms with Crippen molar-refractivity contribution in [2.24, 2.45) is 5.92 Å². The summed E-state index contributed by atoms with van der Waals surface area (Å²) >= 11 is 0. The van der Waals surface area contributed by atoms with Crippen molar-refractivity contribution >= 4 is 6.09 Å².